The van der Waals surface area contributed by atoms with Gasteiger partial charge in [-0.25, -0.2) is 4.79 Å². The van der Waals surface area contributed by atoms with Crippen LogP contribution in [0.15, 0.2) is 90.4 Å². The first-order chi connectivity index (χ1) is 22.3. The quantitative estimate of drug-likeness (QED) is 0.154. The zero-order valence-electron chi connectivity index (χ0n) is 27.0. The zero-order valence-corrected chi connectivity index (χ0v) is 27.9. The maximum Gasteiger partial charge on any atom is 0.318 e. The molecule has 1 aliphatic rings. The monoisotopic (exact) mass is 633 g/mol. The second-order valence-electron chi connectivity index (χ2n) is 12.7. The number of fused-ring (bicyclic) bond motifs is 1. The average Bonchev–Trinajstić information content (AvgIpc) is 3.74. The first kappa shape index (κ1) is 31.6. The molecule has 6 rings (SSSR count). The van der Waals surface area contributed by atoms with Gasteiger partial charge in [-0.05, 0) is 85.6 Å². The smallest absolute Gasteiger partial charge is 0.318 e. The van der Waals surface area contributed by atoms with Crippen LogP contribution in [-0.4, -0.2) is 59.9 Å². The van der Waals surface area contributed by atoms with E-state index in [1.807, 2.05) is 61.8 Å². The number of thiophene rings is 1. The number of urea groups is 1. The number of hydrogen-bond acceptors (Lipinski definition) is 4. The number of H-pyrrole nitrogens is 1. The van der Waals surface area contributed by atoms with Crippen LogP contribution in [-0.2, 0) is 11.3 Å². The lowest BCUT2D eigenvalue weighted by atomic mass is 9.87. The van der Waals surface area contributed by atoms with Crippen LogP contribution in [0.4, 0.5) is 10.5 Å². The van der Waals surface area contributed by atoms with Crippen LogP contribution in [0.3, 0.4) is 0 Å². The van der Waals surface area contributed by atoms with Gasteiger partial charge in [0.15, 0.2) is 0 Å². The number of amides is 3. The lowest BCUT2D eigenvalue weighted by Crippen LogP contribution is -2.53. The second kappa shape index (κ2) is 13.9. The molecule has 1 fully saturated rings. The van der Waals surface area contributed by atoms with Crippen LogP contribution < -0.4 is 10.6 Å². The number of hydrogen-bond donors (Lipinski definition) is 3. The number of rotatable bonds is 9. The van der Waals surface area contributed by atoms with E-state index in [1.54, 1.807) is 11.3 Å². The van der Waals surface area contributed by atoms with Gasteiger partial charge < -0.3 is 25.4 Å². The van der Waals surface area contributed by atoms with Crippen molar-refractivity contribution in [2.45, 2.75) is 51.1 Å². The standard InChI is InChI=1S/C38H43N5O2S/c1-25-10-5-6-11-29(25)28-17-19-43(20-18-28)38(45)41-36(26(2)32-23-39-33-13-8-7-12-30(32)33)37(44)40-34-22-27(24-42(3)4)15-16-31(34)35-14-9-21-46-35/h5-16,21-23,26,28,36,39H,17-20,24H2,1-4H3,(H,40,44)(H,41,45). The molecule has 46 heavy (non-hydrogen) atoms. The molecule has 0 radical (unpaired) electrons. The third-order valence-electron chi connectivity index (χ3n) is 9.21. The fraction of sp³-hybridized carbons (Fsp3) is 0.316. The molecule has 8 heteroatoms. The number of carbonyl (C=O) groups excluding carboxylic acids is 2. The molecule has 0 saturated carbocycles. The van der Waals surface area contributed by atoms with Gasteiger partial charge in [-0.15, -0.1) is 11.3 Å². The summed E-state index contributed by atoms with van der Waals surface area (Å²) >= 11 is 1.64. The minimum absolute atomic E-state index is 0.199. The highest BCUT2D eigenvalue weighted by molar-refractivity contribution is 7.13. The molecule has 3 N–H and O–H groups in total. The summed E-state index contributed by atoms with van der Waals surface area (Å²) < 4.78 is 0. The molecule has 0 aliphatic carbocycles. The van der Waals surface area contributed by atoms with E-state index >= 15 is 0 Å². The first-order valence-corrected chi connectivity index (χ1v) is 17.0. The van der Waals surface area contributed by atoms with Crippen molar-refractivity contribution in [2.24, 2.45) is 0 Å². The lowest BCUT2D eigenvalue weighted by molar-refractivity contribution is -0.118. The third-order valence-corrected chi connectivity index (χ3v) is 10.1. The minimum Gasteiger partial charge on any atom is -0.361 e. The van der Waals surface area contributed by atoms with Crippen molar-refractivity contribution in [3.8, 4) is 10.4 Å². The molecule has 1 aliphatic heterocycles. The molecular weight excluding hydrogens is 591 g/mol. The summed E-state index contributed by atoms with van der Waals surface area (Å²) in [6.45, 7) is 6.22. The van der Waals surface area contributed by atoms with Gasteiger partial charge in [0.25, 0.3) is 0 Å². The average molecular weight is 634 g/mol. The topological polar surface area (TPSA) is 80.5 Å². The van der Waals surface area contributed by atoms with Crippen LogP contribution >= 0.6 is 11.3 Å². The van der Waals surface area contributed by atoms with Gasteiger partial charge in [0.1, 0.15) is 6.04 Å². The van der Waals surface area contributed by atoms with E-state index in [-0.39, 0.29) is 17.9 Å². The van der Waals surface area contributed by atoms with Crippen molar-refractivity contribution in [1.82, 2.24) is 20.1 Å². The number of para-hydroxylation sites is 1. The Hall–Kier alpha value is -4.40. The van der Waals surface area contributed by atoms with Crippen LogP contribution in [0.2, 0.25) is 0 Å². The number of benzene rings is 3. The number of carbonyl (C=O) groups is 2. The van der Waals surface area contributed by atoms with Gasteiger partial charge in [0.2, 0.25) is 5.91 Å². The number of likely N-dealkylation sites (tertiary alicyclic amines) is 1. The van der Waals surface area contributed by atoms with Crippen molar-refractivity contribution >= 4 is 39.9 Å². The molecule has 2 unspecified atom stereocenters. The fourth-order valence-electron chi connectivity index (χ4n) is 6.75. The van der Waals surface area contributed by atoms with E-state index in [0.29, 0.717) is 19.0 Å². The minimum atomic E-state index is -0.797. The maximum atomic E-state index is 14.4. The van der Waals surface area contributed by atoms with Crippen LogP contribution in [0, 0.1) is 6.92 Å². The number of aromatic amines is 1. The molecular formula is C38H43N5O2S. The number of nitrogens with zero attached hydrogens (tertiary/aromatic N) is 2. The maximum absolute atomic E-state index is 14.4. The lowest BCUT2D eigenvalue weighted by Gasteiger charge is -2.34. The Morgan fingerprint density at radius 2 is 1.76 bits per heavy atom. The fourth-order valence-corrected chi connectivity index (χ4v) is 7.51. The molecule has 7 nitrogen and oxygen atoms in total. The molecule has 2 atom stereocenters. The van der Waals surface area contributed by atoms with Gasteiger partial charge in [0.05, 0.1) is 0 Å². The van der Waals surface area contributed by atoms with E-state index in [0.717, 1.165) is 57.5 Å². The van der Waals surface area contributed by atoms with Crippen molar-refractivity contribution in [3.63, 3.8) is 0 Å². The highest BCUT2D eigenvalue weighted by atomic mass is 32.1. The number of piperidine rings is 1. The van der Waals surface area contributed by atoms with Crippen LogP contribution in [0.25, 0.3) is 21.3 Å². The van der Waals surface area contributed by atoms with Gasteiger partial charge in [0, 0.05) is 58.8 Å². The first-order valence-electron chi connectivity index (χ1n) is 16.1. The molecule has 3 amide bonds. The van der Waals surface area contributed by atoms with Crippen LogP contribution in [0.1, 0.15) is 53.9 Å². The number of aryl methyl sites for hydroxylation is 1. The van der Waals surface area contributed by atoms with Crippen LogP contribution in [0.5, 0.6) is 0 Å². The Morgan fingerprint density at radius 1 is 1.00 bits per heavy atom. The molecule has 3 heterocycles. The highest BCUT2D eigenvalue weighted by Crippen LogP contribution is 2.35. The SMILES string of the molecule is Cc1ccccc1C1CCN(C(=O)NC(C(=O)Nc2cc(CN(C)C)ccc2-c2cccs2)C(C)c2c[nH]c3ccccc23)CC1. The molecule has 3 aromatic carbocycles. The van der Waals surface area contributed by atoms with Crippen molar-refractivity contribution in [1.29, 1.82) is 0 Å². The molecule has 0 spiro atoms. The Labute approximate surface area is 275 Å². The molecule has 0 bridgehead atoms. The second-order valence-corrected chi connectivity index (χ2v) is 13.7. The Kier molecular flexibility index (Phi) is 9.56. The molecule has 5 aromatic rings. The summed E-state index contributed by atoms with van der Waals surface area (Å²) in [5, 5.41) is 9.52. The summed E-state index contributed by atoms with van der Waals surface area (Å²) in [6.07, 6.45) is 3.76. The summed E-state index contributed by atoms with van der Waals surface area (Å²) in [6, 6.07) is 25.9. The predicted octanol–water partition coefficient (Wildman–Crippen LogP) is 7.97. The number of nitrogens with one attached hydrogen (secondary N) is 3. The number of anilines is 1. The van der Waals surface area contributed by atoms with E-state index in [2.05, 4.69) is 82.0 Å². The van der Waals surface area contributed by atoms with E-state index in [9.17, 15) is 9.59 Å². The highest BCUT2D eigenvalue weighted by Gasteiger charge is 2.33. The normalized spacial score (nSPS) is 15.2. The molecule has 1 saturated heterocycles. The third kappa shape index (κ3) is 6.88. The molecule has 2 aromatic heterocycles. The Balaban J connectivity index is 1.27. The Morgan fingerprint density at radius 3 is 2.50 bits per heavy atom. The molecule has 238 valence electrons. The van der Waals surface area contributed by atoms with E-state index < -0.39 is 6.04 Å². The van der Waals surface area contributed by atoms with E-state index in [4.69, 9.17) is 0 Å². The van der Waals surface area contributed by atoms with Gasteiger partial charge >= 0.3 is 6.03 Å². The summed E-state index contributed by atoms with van der Waals surface area (Å²) in [7, 11) is 4.06. The van der Waals surface area contributed by atoms with Crippen molar-refractivity contribution in [3.05, 3.63) is 113 Å². The van der Waals surface area contributed by atoms with E-state index in [1.165, 1.54) is 11.1 Å². The summed E-state index contributed by atoms with van der Waals surface area (Å²) in [4.78, 5) is 36.6. The van der Waals surface area contributed by atoms with Gasteiger partial charge in [-0.3, -0.25) is 4.79 Å². The van der Waals surface area contributed by atoms with Crippen molar-refractivity contribution in [2.75, 3.05) is 32.5 Å². The van der Waals surface area contributed by atoms with Crippen molar-refractivity contribution < 1.29 is 9.59 Å². The zero-order chi connectivity index (χ0) is 32.2. The Bertz CT molecular complexity index is 1800. The summed E-state index contributed by atoms with van der Waals surface area (Å²) in [5.74, 6) is -0.0971. The summed E-state index contributed by atoms with van der Waals surface area (Å²) in [5.41, 5.74) is 7.48. The predicted molar refractivity (Wildman–Crippen MR) is 190 cm³/mol. The number of aromatic nitrogens is 1. The van der Waals surface area contributed by atoms with Gasteiger partial charge in [-0.2, -0.15) is 0 Å². The largest absolute Gasteiger partial charge is 0.361 e. The van der Waals surface area contributed by atoms with Gasteiger partial charge in [-0.1, -0.05) is 67.6 Å².